The summed E-state index contributed by atoms with van der Waals surface area (Å²) in [6.45, 7) is 11.1. The van der Waals surface area contributed by atoms with Gasteiger partial charge >= 0.3 is 0 Å². The summed E-state index contributed by atoms with van der Waals surface area (Å²) in [4.78, 5) is 4.78. The number of nitrogens with zero attached hydrogens (tertiary/aromatic N) is 1. The highest BCUT2D eigenvalue weighted by atomic mass is 14.7. The lowest BCUT2D eigenvalue weighted by Crippen LogP contribution is -2.03. The fourth-order valence-corrected chi connectivity index (χ4v) is 1.64. The minimum absolute atomic E-state index is 0.577. The van der Waals surface area contributed by atoms with E-state index in [1.165, 1.54) is 17.0 Å². The molecule has 0 fully saturated rings. The van der Waals surface area contributed by atoms with Crippen LogP contribution in [-0.2, 0) is 0 Å². The predicted octanol–water partition coefficient (Wildman–Crippen LogP) is 4.42. The summed E-state index contributed by atoms with van der Waals surface area (Å²) >= 11 is 0. The average molecular weight is 205 g/mol. The molecular formula is C14H23N. The SMILES string of the molecule is CC[C@H](C)c1cc(C)cc([C@@H](C)CC)n1. The van der Waals surface area contributed by atoms with E-state index in [0.29, 0.717) is 11.8 Å². The van der Waals surface area contributed by atoms with Gasteiger partial charge in [0.15, 0.2) is 0 Å². The van der Waals surface area contributed by atoms with E-state index in [-0.39, 0.29) is 0 Å². The van der Waals surface area contributed by atoms with Gasteiger partial charge in [0, 0.05) is 11.4 Å². The molecule has 1 rings (SSSR count). The van der Waals surface area contributed by atoms with E-state index in [0.717, 1.165) is 12.8 Å². The Morgan fingerprint density at radius 1 is 1.00 bits per heavy atom. The van der Waals surface area contributed by atoms with E-state index in [1.807, 2.05) is 0 Å². The Kier molecular flexibility index (Phi) is 4.31. The lowest BCUT2D eigenvalue weighted by molar-refractivity contribution is 0.665. The van der Waals surface area contributed by atoms with Gasteiger partial charge in [-0.05, 0) is 49.3 Å². The van der Waals surface area contributed by atoms with Crippen molar-refractivity contribution in [3.8, 4) is 0 Å². The maximum absolute atomic E-state index is 4.78. The molecule has 0 aliphatic carbocycles. The van der Waals surface area contributed by atoms with Gasteiger partial charge in [-0.2, -0.15) is 0 Å². The van der Waals surface area contributed by atoms with Gasteiger partial charge in [-0.25, -0.2) is 0 Å². The molecule has 15 heavy (non-hydrogen) atoms. The molecule has 1 aromatic heterocycles. The Morgan fingerprint density at radius 2 is 1.40 bits per heavy atom. The summed E-state index contributed by atoms with van der Waals surface area (Å²) in [5.41, 5.74) is 3.86. The molecule has 1 heterocycles. The lowest BCUT2D eigenvalue weighted by atomic mass is 9.98. The van der Waals surface area contributed by atoms with Crippen LogP contribution in [0, 0.1) is 6.92 Å². The normalized spacial score (nSPS) is 15.0. The molecule has 0 bridgehead atoms. The zero-order valence-corrected chi connectivity index (χ0v) is 10.7. The Labute approximate surface area is 93.9 Å². The molecule has 2 atom stereocenters. The number of hydrogen-bond donors (Lipinski definition) is 0. The maximum Gasteiger partial charge on any atom is 0.0437 e. The first-order valence-corrected chi connectivity index (χ1v) is 6.06. The molecule has 1 heteroatoms. The van der Waals surface area contributed by atoms with Crippen molar-refractivity contribution in [2.75, 3.05) is 0 Å². The second kappa shape index (κ2) is 5.29. The van der Waals surface area contributed by atoms with Crippen LogP contribution in [0.15, 0.2) is 12.1 Å². The van der Waals surface area contributed by atoms with Crippen LogP contribution in [0.2, 0.25) is 0 Å². The van der Waals surface area contributed by atoms with Crippen molar-refractivity contribution in [2.24, 2.45) is 0 Å². The Bertz CT molecular complexity index is 289. The van der Waals surface area contributed by atoms with Crippen LogP contribution >= 0.6 is 0 Å². The highest BCUT2D eigenvalue weighted by molar-refractivity contribution is 5.24. The highest BCUT2D eigenvalue weighted by Gasteiger charge is 2.10. The number of pyridine rings is 1. The summed E-state index contributed by atoms with van der Waals surface area (Å²) in [6.07, 6.45) is 2.33. The van der Waals surface area contributed by atoms with Gasteiger partial charge in [-0.3, -0.25) is 4.98 Å². The van der Waals surface area contributed by atoms with Gasteiger partial charge in [0.05, 0.1) is 0 Å². The monoisotopic (exact) mass is 205 g/mol. The van der Waals surface area contributed by atoms with Crippen molar-refractivity contribution in [3.63, 3.8) is 0 Å². The first kappa shape index (κ1) is 12.2. The quantitative estimate of drug-likeness (QED) is 0.709. The lowest BCUT2D eigenvalue weighted by Gasteiger charge is -2.14. The zero-order valence-electron chi connectivity index (χ0n) is 10.7. The van der Waals surface area contributed by atoms with Crippen LogP contribution < -0.4 is 0 Å². The predicted molar refractivity (Wildman–Crippen MR) is 66.4 cm³/mol. The second-order valence-electron chi connectivity index (χ2n) is 4.61. The van der Waals surface area contributed by atoms with Gasteiger partial charge in [0.25, 0.3) is 0 Å². The van der Waals surface area contributed by atoms with Crippen LogP contribution in [0.4, 0.5) is 0 Å². The fraction of sp³-hybridized carbons (Fsp3) is 0.643. The van der Waals surface area contributed by atoms with E-state index in [9.17, 15) is 0 Å². The van der Waals surface area contributed by atoms with Crippen molar-refractivity contribution >= 4 is 0 Å². The van der Waals surface area contributed by atoms with E-state index >= 15 is 0 Å². The number of hydrogen-bond acceptors (Lipinski definition) is 1. The third-order valence-corrected chi connectivity index (χ3v) is 3.24. The molecule has 0 radical (unpaired) electrons. The van der Waals surface area contributed by atoms with Crippen LogP contribution in [0.3, 0.4) is 0 Å². The number of aryl methyl sites for hydroxylation is 1. The summed E-state index contributed by atoms with van der Waals surface area (Å²) in [6, 6.07) is 4.44. The van der Waals surface area contributed by atoms with Gasteiger partial charge < -0.3 is 0 Å². The van der Waals surface area contributed by atoms with E-state index in [4.69, 9.17) is 4.98 Å². The molecule has 0 spiro atoms. The molecule has 0 N–H and O–H groups in total. The molecule has 0 saturated carbocycles. The summed E-state index contributed by atoms with van der Waals surface area (Å²) < 4.78 is 0. The standard InChI is InChI=1S/C14H23N/c1-6-11(4)13-8-10(3)9-14(15-13)12(5)7-2/h8-9,11-12H,6-7H2,1-5H3/t11-,12-/m0/s1. The molecule has 0 aromatic carbocycles. The first-order valence-electron chi connectivity index (χ1n) is 6.06. The van der Waals surface area contributed by atoms with Crippen molar-refractivity contribution in [1.82, 2.24) is 4.98 Å². The number of rotatable bonds is 4. The van der Waals surface area contributed by atoms with Gasteiger partial charge in [-0.15, -0.1) is 0 Å². The third kappa shape index (κ3) is 3.05. The largest absolute Gasteiger partial charge is 0.257 e. The fourth-order valence-electron chi connectivity index (χ4n) is 1.64. The Balaban J connectivity index is 3.04. The van der Waals surface area contributed by atoms with Gasteiger partial charge in [-0.1, -0.05) is 27.7 Å². The van der Waals surface area contributed by atoms with Crippen molar-refractivity contribution in [2.45, 2.75) is 59.3 Å². The van der Waals surface area contributed by atoms with Crippen LogP contribution in [0.5, 0.6) is 0 Å². The van der Waals surface area contributed by atoms with E-state index < -0.39 is 0 Å². The Morgan fingerprint density at radius 3 is 1.73 bits per heavy atom. The average Bonchev–Trinajstić information content (AvgIpc) is 2.26. The minimum atomic E-state index is 0.577. The third-order valence-electron chi connectivity index (χ3n) is 3.24. The molecule has 0 unspecified atom stereocenters. The molecule has 0 aliphatic rings. The first-order chi connectivity index (χ1) is 7.08. The smallest absolute Gasteiger partial charge is 0.0437 e. The molecule has 84 valence electrons. The maximum atomic E-state index is 4.78. The zero-order chi connectivity index (χ0) is 11.4. The minimum Gasteiger partial charge on any atom is -0.257 e. The van der Waals surface area contributed by atoms with E-state index in [1.54, 1.807) is 0 Å². The number of aromatic nitrogens is 1. The second-order valence-corrected chi connectivity index (χ2v) is 4.61. The van der Waals surface area contributed by atoms with Crippen LogP contribution in [0.1, 0.15) is 69.3 Å². The summed E-state index contributed by atoms with van der Waals surface area (Å²) in [5.74, 6) is 1.15. The van der Waals surface area contributed by atoms with Crippen molar-refractivity contribution in [3.05, 3.63) is 29.1 Å². The van der Waals surface area contributed by atoms with Crippen LogP contribution in [-0.4, -0.2) is 4.98 Å². The summed E-state index contributed by atoms with van der Waals surface area (Å²) in [7, 11) is 0. The van der Waals surface area contributed by atoms with Gasteiger partial charge in [0.2, 0.25) is 0 Å². The Hall–Kier alpha value is -0.850. The van der Waals surface area contributed by atoms with Crippen molar-refractivity contribution < 1.29 is 0 Å². The molecule has 0 amide bonds. The molecule has 0 saturated heterocycles. The van der Waals surface area contributed by atoms with E-state index in [2.05, 4.69) is 46.8 Å². The molecule has 0 aliphatic heterocycles. The molecule has 1 nitrogen and oxygen atoms in total. The topological polar surface area (TPSA) is 12.9 Å². The summed E-state index contributed by atoms with van der Waals surface area (Å²) in [5, 5.41) is 0. The molecule has 1 aromatic rings. The van der Waals surface area contributed by atoms with Crippen molar-refractivity contribution in [1.29, 1.82) is 0 Å². The molecular weight excluding hydrogens is 182 g/mol. The van der Waals surface area contributed by atoms with Gasteiger partial charge in [0.1, 0.15) is 0 Å². The highest BCUT2D eigenvalue weighted by Crippen LogP contribution is 2.23. The van der Waals surface area contributed by atoms with Crippen LogP contribution in [0.25, 0.3) is 0 Å².